The van der Waals surface area contributed by atoms with E-state index in [4.69, 9.17) is 23.2 Å². The van der Waals surface area contributed by atoms with E-state index >= 15 is 0 Å². The van der Waals surface area contributed by atoms with Crippen molar-refractivity contribution in [2.45, 2.75) is 115 Å². The van der Waals surface area contributed by atoms with E-state index in [1.165, 1.54) is 95.6 Å². The van der Waals surface area contributed by atoms with Crippen molar-refractivity contribution in [1.82, 2.24) is 0 Å². The van der Waals surface area contributed by atoms with Crippen LogP contribution in [0.15, 0.2) is 17.0 Å². The van der Waals surface area contributed by atoms with Crippen LogP contribution in [0.1, 0.15) is 110 Å². The molecule has 0 heterocycles. The van der Waals surface area contributed by atoms with Crippen LogP contribution < -0.4 is 0 Å². The van der Waals surface area contributed by atoms with Crippen molar-refractivity contribution in [3.8, 4) is 0 Å². The van der Waals surface area contributed by atoms with Gasteiger partial charge in [-0.1, -0.05) is 126 Å². The Hall–Kier alpha value is -0.250. The lowest BCUT2D eigenvalue weighted by Gasteiger charge is -2.06. The third-order valence-corrected chi connectivity index (χ3v) is 7.59. The van der Waals surface area contributed by atoms with Gasteiger partial charge in [0.15, 0.2) is 9.84 Å². The first kappa shape index (κ1) is 26.8. The Morgan fingerprint density at radius 1 is 0.655 bits per heavy atom. The van der Waals surface area contributed by atoms with Crippen molar-refractivity contribution in [1.29, 1.82) is 0 Å². The van der Waals surface area contributed by atoms with Crippen LogP contribution in [-0.2, 0) is 9.84 Å². The number of halogens is 2. The molecule has 1 radical (unpaired) electrons. The maximum atomic E-state index is 12.4. The normalized spacial score (nSPS) is 11.8. The largest absolute Gasteiger partial charge is 0.224 e. The lowest BCUT2D eigenvalue weighted by atomic mass is 10.0. The number of rotatable bonds is 18. The summed E-state index contributed by atoms with van der Waals surface area (Å²) in [6.45, 7) is 2.27. The quantitative estimate of drug-likeness (QED) is 0.204. The van der Waals surface area contributed by atoms with Gasteiger partial charge >= 0.3 is 0 Å². The van der Waals surface area contributed by atoms with Crippen LogP contribution >= 0.6 is 23.2 Å². The Balaban J connectivity index is 1.94. The van der Waals surface area contributed by atoms with E-state index in [-0.39, 0.29) is 20.7 Å². The highest BCUT2D eigenvalue weighted by Gasteiger charge is 2.15. The van der Waals surface area contributed by atoms with Gasteiger partial charge in [-0.15, -0.1) is 0 Å². The average Bonchev–Trinajstić information content (AvgIpc) is 2.67. The van der Waals surface area contributed by atoms with Gasteiger partial charge < -0.3 is 0 Å². The summed E-state index contributed by atoms with van der Waals surface area (Å²) in [5.74, 6) is 0.155. The zero-order valence-electron chi connectivity index (χ0n) is 18.2. The summed E-state index contributed by atoms with van der Waals surface area (Å²) >= 11 is 11.7. The highest BCUT2D eigenvalue weighted by molar-refractivity contribution is 7.91. The molecule has 0 saturated heterocycles. The van der Waals surface area contributed by atoms with E-state index in [0.717, 1.165) is 12.8 Å². The fourth-order valence-corrected chi connectivity index (χ4v) is 5.65. The summed E-state index contributed by atoms with van der Waals surface area (Å²) in [6.07, 6.45) is 20.4. The molecule has 0 N–H and O–H groups in total. The minimum Gasteiger partial charge on any atom is -0.224 e. The first-order valence-electron chi connectivity index (χ1n) is 11.6. The van der Waals surface area contributed by atoms with Gasteiger partial charge in [-0.2, -0.15) is 0 Å². The fraction of sp³-hybridized carbons (Fsp3) is 0.750. The fourth-order valence-electron chi connectivity index (χ4n) is 3.62. The molecule has 0 fully saturated rings. The predicted octanol–water partition coefficient (Wildman–Crippen LogP) is 8.83. The van der Waals surface area contributed by atoms with Crippen molar-refractivity contribution in [2.75, 3.05) is 5.75 Å². The molecule has 0 saturated carbocycles. The van der Waals surface area contributed by atoms with Crippen molar-refractivity contribution in [3.05, 3.63) is 28.2 Å². The summed E-state index contributed by atoms with van der Waals surface area (Å²) in [7, 11) is -3.31. The third kappa shape index (κ3) is 13.6. The molecule has 0 amide bonds. The second-order valence-electron chi connectivity index (χ2n) is 8.13. The maximum Gasteiger partial charge on any atom is 0.178 e. The van der Waals surface area contributed by atoms with Crippen molar-refractivity contribution >= 4 is 33.0 Å². The summed E-state index contributed by atoms with van der Waals surface area (Å²) in [5.41, 5.74) is 0. The molecule has 2 nitrogen and oxygen atoms in total. The molecule has 0 spiro atoms. The van der Waals surface area contributed by atoms with Crippen LogP contribution in [0.4, 0.5) is 0 Å². The first-order chi connectivity index (χ1) is 14.0. The Morgan fingerprint density at radius 2 is 1.00 bits per heavy atom. The van der Waals surface area contributed by atoms with Crippen molar-refractivity contribution in [2.24, 2.45) is 0 Å². The Bertz CT molecular complexity index is 624. The van der Waals surface area contributed by atoms with Gasteiger partial charge in [0.1, 0.15) is 0 Å². The van der Waals surface area contributed by atoms with Crippen LogP contribution in [0.3, 0.4) is 0 Å². The second kappa shape index (κ2) is 16.4. The first-order valence-corrected chi connectivity index (χ1v) is 14.0. The predicted molar refractivity (Wildman–Crippen MR) is 127 cm³/mol. The van der Waals surface area contributed by atoms with E-state index in [9.17, 15) is 8.42 Å². The standard InChI is InChI=1S/C24H39Cl2O2S/c1-2-3-4-5-6-7-8-9-10-11-12-13-14-15-16-17-18-29(27,28)24-20-22(25)19-23(26)21-24/h20-21H,2-18H2,1H3. The number of hydrogen-bond donors (Lipinski definition) is 0. The van der Waals surface area contributed by atoms with Gasteiger partial charge in [-0.25, -0.2) is 8.42 Å². The van der Waals surface area contributed by atoms with Gasteiger partial charge in [0, 0.05) is 6.07 Å². The Morgan fingerprint density at radius 3 is 1.38 bits per heavy atom. The Kier molecular flexibility index (Phi) is 15.2. The molecule has 0 aliphatic heterocycles. The number of sulfone groups is 1. The van der Waals surface area contributed by atoms with Gasteiger partial charge in [-0.05, 0) is 18.6 Å². The Labute approximate surface area is 189 Å². The monoisotopic (exact) mass is 461 g/mol. The van der Waals surface area contributed by atoms with Gasteiger partial charge in [0.2, 0.25) is 0 Å². The lowest BCUT2D eigenvalue weighted by molar-refractivity contribution is 0.531. The van der Waals surface area contributed by atoms with Crippen LogP contribution in [-0.4, -0.2) is 14.2 Å². The topological polar surface area (TPSA) is 34.1 Å². The number of unbranched alkanes of at least 4 members (excludes halogenated alkanes) is 15. The second-order valence-corrected chi connectivity index (χ2v) is 11.1. The van der Waals surface area contributed by atoms with E-state index in [2.05, 4.69) is 13.0 Å². The molecule has 0 aliphatic carbocycles. The van der Waals surface area contributed by atoms with E-state index in [1.807, 2.05) is 0 Å². The molecule has 167 valence electrons. The SMILES string of the molecule is CCCCCCCCCCCCCCCCCCS(=O)(=O)c1cc(Cl)[c]c(Cl)c1. The maximum absolute atomic E-state index is 12.4. The third-order valence-electron chi connectivity index (χ3n) is 5.40. The number of hydrogen-bond acceptors (Lipinski definition) is 2. The zero-order chi connectivity index (χ0) is 21.4. The highest BCUT2D eigenvalue weighted by atomic mass is 35.5. The van der Waals surface area contributed by atoms with E-state index < -0.39 is 9.84 Å². The van der Waals surface area contributed by atoms with Gasteiger partial charge in [0.25, 0.3) is 0 Å². The summed E-state index contributed by atoms with van der Waals surface area (Å²) in [6, 6.07) is 5.52. The van der Waals surface area contributed by atoms with Crippen LogP contribution in [0.25, 0.3) is 0 Å². The molecule has 0 atom stereocenters. The van der Waals surface area contributed by atoms with Gasteiger partial charge in [-0.3, -0.25) is 0 Å². The molecule has 0 aromatic heterocycles. The lowest BCUT2D eigenvalue weighted by Crippen LogP contribution is -2.07. The average molecular weight is 463 g/mol. The molecular formula is C24H39Cl2O2S. The highest BCUT2D eigenvalue weighted by Crippen LogP contribution is 2.23. The molecule has 0 unspecified atom stereocenters. The summed E-state index contributed by atoms with van der Waals surface area (Å²) in [5, 5.41) is 0.478. The van der Waals surface area contributed by atoms with Crippen LogP contribution in [0, 0.1) is 6.07 Å². The minimum absolute atomic E-state index is 0.155. The smallest absolute Gasteiger partial charge is 0.178 e. The zero-order valence-corrected chi connectivity index (χ0v) is 20.5. The summed E-state index contributed by atoms with van der Waals surface area (Å²) < 4.78 is 24.7. The molecule has 5 heteroatoms. The summed E-state index contributed by atoms with van der Waals surface area (Å²) in [4.78, 5) is 0.201. The molecule has 1 aromatic rings. The molecule has 0 bridgehead atoms. The molecule has 0 aliphatic rings. The minimum atomic E-state index is -3.31. The van der Waals surface area contributed by atoms with Gasteiger partial charge in [0.05, 0.1) is 20.7 Å². The van der Waals surface area contributed by atoms with E-state index in [1.54, 1.807) is 0 Å². The van der Waals surface area contributed by atoms with E-state index in [0.29, 0.717) is 6.42 Å². The number of benzene rings is 1. The molecule has 1 rings (SSSR count). The molecule has 1 aromatic carbocycles. The van der Waals surface area contributed by atoms with Crippen LogP contribution in [0.2, 0.25) is 10.0 Å². The van der Waals surface area contributed by atoms with Crippen LogP contribution in [0.5, 0.6) is 0 Å². The van der Waals surface area contributed by atoms with Crippen molar-refractivity contribution in [3.63, 3.8) is 0 Å². The van der Waals surface area contributed by atoms with Crippen molar-refractivity contribution < 1.29 is 8.42 Å². The molecule has 29 heavy (non-hydrogen) atoms. The molecular weight excluding hydrogens is 423 g/mol.